The van der Waals surface area contributed by atoms with Gasteiger partial charge in [-0.1, -0.05) is 0 Å². The number of carbonyl (C=O) groups excluding carboxylic acids is 1. The summed E-state index contributed by atoms with van der Waals surface area (Å²) in [6.07, 6.45) is 2.91. The van der Waals surface area contributed by atoms with Crippen LogP contribution < -0.4 is 5.32 Å². The van der Waals surface area contributed by atoms with E-state index in [-0.39, 0.29) is 11.4 Å². The standard InChI is InChI=1S/C14H15N3O4/c1-9-10(5-7-21-9)8-17(2)14(20)16-11-4-3-6-15-12(11)13(18)19/h3-7H,8H2,1-2H3,(H,16,20)(H,18,19). The van der Waals surface area contributed by atoms with Crippen LogP contribution in [0.4, 0.5) is 10.5 Å². The number of carboxylic acid groups (broad SMARTS) is 1. The van der Waals surface area contributed by atoms with Gasteiger partial charge in [-0.25, -0.2) is 14.6 Å². The van der Waals surface area contributed by atoms with Crippen LogP contribution in [0.2, 0.25) is 0 Å². The van der Waals surface area contributed by atoms with Crippen LogP contribution in [0, 0.1) is 6.92 Å². The van der Waals surface area contributed by atoms with E-state index in [0.29, 0.717) is 6.54 Å². The molecule has 2 amide bonds. The molecule has 0 aromatic carbocycles. The number of urea groups is 1. The SMILES string of the molecule is Cc1occc1CN(C)C(=O)Nc1cccnc1C(=O)O. The molecule has 0 aliphatic rings. The maximum absolute atomic E-state index is 12.1. The summed E-state index contributed by atoms with van der Waals surface area (Å²) >= 11 is 0. The zero-order chi connectivity index (χ0) is 15.4. The third-order valence-corrected chi connectivity index (χ3v) is 2.97. The number of pyridine rings is 1. The van der Waals surface area contributed by atoms with Gasteiger partial charge in [0.05, 0.1) is 18.5 Å². The average Bonchev–Trinajstić information content (AvgIpc) is 2.84. The summed E-state index contributed by atoms with van der Waals surface area (Å²) in [5.74, 6) is -0.457. The van der Waals surface area contributed by atoms with Crippen LogP contribution in [0.3, 0.4) is 0 Å². The highest BCUT2D eigenvalue weighted by molar-refractivity contribution is 5.98. The Morgan fingerprint density at radius 2 is 2.19 bits per heavy atom. The number of hydrogen-bond donors (Lipinski definition) is 2. The van der Waals surface area contributed by atoms with Crippen molar-refractivity contribution in [1.82, 2.24) is 9.88 Å². The van der Waals surface area contributed by atoms with Crippen molar-refractivity contribution in [3.8, 4) is 0 Å². The lowest BCUT2D eigenvalue weighted by molar-refractivity contribution is 0.0691. The smallest absolute Gasteiger partial charge is 0.356 e. The van der Waals surface area contributed by atoms with Gasteiger partial charge in [0.2, 0.25) is 0 Å². The molecule has 0 bridgehead atoms. The van der Waals surface area contributed by atoms with Crippen molar-refractivity contribution in [1.29, 1.82) is 0 Å². The van der Waals surface area contributed by atoms with Crippen LogP contribution >= 0.6 is 0 Å². The van der Waals surface area contributed by atoms with Gasteiger partial charge in [-0.3, -0.25) is 0 Å². The first-order chi connectivity index (χ1) is 9.99. The van der Waals surface area contributed by atoms with Gasteiger partial charge >= 0.3 is 12.0 Å². The molecule has 2 N–H and O–H groups in total. The monoisotopic (exact) mass is 289 g/mol. The Bertz CT molecular complexity index is 666. The molecular weight excluding hydrogens is 274 g/mol. The lowest BCUT2D eigenvalue weighted by atomic mass is 10.2. The number of carboxylic acids is 1. The third-order valence-electron chi connectivity index (χ3n) is 2.97. The molecule has 110 valence electrons. The molecular formula is C14H15N3O4. The molecule has 21 heavy (non-hydrogen) atoms. The fraction of sp³-hybridized carbons (Fsp3) is 0.214. The summed E-state index contributed by atoms with van der Waals surface area (Å²) in [6, 6.07) is 4.41. The molecule has 0 spiro atoms. The number of aromatic carboxylic acids is 1. The van der Waals surface area contributed by atoms with Crippen molar-refractivity contribution in [2.75, 3.05) is 12.4 Å². The van der Waals surface area contributed by atoms with E-state index >= 15 is 0 Å². The number of anilines is 1. The molecule has 0 unspecified atom stereocenters. The number of aryl methyl sites for hydroxylation is 1. The first kappa shape index (κ1) is 14.6. The Morgan fingerprint density at radius 3 is 2.81 bits per heavy atom. The largest absolute Gasteiger partial charge is 0.476 e. The van der Waals surface area contributed by atoms with Gasteiger partial charge in [0.25, 0.3) is 0 Å². The van der Waals surface area contributed by atoms with E-state index < -0.39 is 12.0 Å². The molecule has 0 saturated carbocycles. The lowest BCUT2D eigenvalue weighted by Gasteiger charge is -2.18. The number of nitrogens with zero attached hydrogens (tertiary/aromatic N) is 2. The van der Waals surface area contributed by atoms with Crippen molar-refractivity contribution < 1.29 is 19.1 Å². The van der Waals surface area contributed by atoms with Crippen molar-refractivity contribution in [3.05, 3.63) is 47.7 Å². The molecule has 2 rings (SSSR count). The lowest BCUT2D eigenvalue weighted by Crippen LogP contribution is -2.31. The minimum Gasteiger partial charge on any atom is -0.476 e. The van der Waals surface area contributed by atoms with E-state index in [2.05, 4.69) is 10.3 Å². The van der Waals surface area contributed by atoms with Gasteiger partial charge in [0.15, 0.2) is 5.69 Å². The minimum absolute atomic E-state index is 0.158. The molecule has 2 heterocycles. The number of nitrogens with one attached hydrogen (secondary N) is 1. The quantitative estimate of drug-likeness (QED) is 0.900. The highest BCUT2D eigenvalue weighted by Gasteiger charge is 2.16. The highest BCUT2D eigenvalue weighted by atomic mass is 16.4. The topological polar surface area (TPSA) is 95.7 Å². The van der Waals surface area contributed by atoms with E-state index in [1.54, 1.807) is 25.4 Å². The average molecular weight is 289 g/mol. The first-order valence-electron chi connectivity index (χ1n) is 6.22. The predicted molar refractivity (Wildman–Crippen MR) is 75.1 cm³/mol. The maximum Gasteiger partial charge on any atom is 0.356 e. The summed E-state index contributed by atoms with van der Waals surface area (Å²) in [7, 11) is 1.61. The number of hydrogen-bond acceptors (Lipinski definition) is 4. The fourth-order valence-electron chi connectivity index (χ4n) is 1.79. The molecule has 2 aromatic rings. The fourth-order valence-corrected chi connectivity index (χ4v) is 1.79. The van der Waals surface area contributed by atoms with Gasteiger partial charge in [-0.2, -0.15) is 0 Å². The summed E-state index contributed by atoms with van der Waals surface area (Å²) in [5.41, 5.74) is 0.849. The first-order valence-corrected chi connectivity index (χ1v) is 6.22. The van der Waals surface area contributed by atoms with Gasteiger partial charge in [-0.15, -0.1) is 0 Å². The number of carbonyl (C=O) groups is 2. The molecule has 2 aromatic heterocycles. The molecule has 0 saturated heterocycles. The maximum atomic E-state index is 12.1. The molecule has 0 radical (unpaired) electrons. The second-order valence-corrected chi connectivity index (χ2v) is 4.49. The molecule has 7 heteroatoms. The van der Waals surface area contributed by atoms with E-state index in [1.807, 2.05) is 6.92 Å². The molecule has 0 aliphatic carbocycles. The van der Waals surface area contributed by atoms with Crippen LogP contribution in [-0.2, 0) is 6.54 Å². The van der Waals surface area contributed by atoms with Crippen molar-refractivity contribution in [2.24, 2.45) is 0 Å². The third kappa shape index (κ3) is 3.38. The van der Waals surface area contributed by atoms with Gasteiger partial charge in [-0.05, 0) is 25.1 Å². The van der Waals surface area contributed by atoms with Gasteiger partial charge in [0.1, 0.15) is 5.76 Å². The van der Waals surface area contributed by atoms with E-state index in [0.717, 1.165) is 11.3 Å². The van der Waals surface area contributed by atoms with E-state index in [1.165, 1.54) is 17.2 Å². The van der Waals surface area contributed by atoms with Crippen molar-refractivity contribution in [3.63, 3.8) is 0 Å². The Labute approximate surface area is 121 Å². The van der Waals surface area contributed by atoms with Crippen LogP contribution in [0.5, 0.6) is 0 Å². The zero-order valence-corrected chi connectivity index (χ0v) is 11.7. The Kier molecular flexibility index (Phi) is 4.22. The summed E-state index contributed by atoms with van der Waals surface area (Å²) in [4.78, 5) is 28.3. The van der Waals surface area contributed by atoms with Crippen molar-refractivity contribution in [2.45, 2.75) is 13.5 Å². The Morgan fingerprint density at radius 1 is 1.43 bits per heavy atom. The summed E-state index contributed by atoms with van der Waals surface area (Å²) in [6.45, 7) is 2.17. The number of amides is 2. The second-order valence-electron chi connectivity index (χ2n) is 4.49. The van der Waals surface area contributed by atoms with Crippen molar-refractivity contribution >= 4 is 17.7 Å². The van der Waals surface area contributed by atoms with E-state index in [4.69, 9.17) is 9.52 Å². The molecule has 0 fully saturated rings. The van der Waals surface area contributed by atoms with Crippen LogP contribution in [0.1, 0.15) is 21.8 Å². The second kappa shape index (κ2) is 6.08. The normalized spacial score (nSPS) is 10.2. The Balaban J connectivity index is 2.08. The van der Waals surface area contributed by atoms with Crippen LogP contribution in [0.15, 0.2) is 35.1 Å². The highest BCUT2D eigenvalue weighted by Crippen LogP contribution is 2.15. The van der Waals surface area contributed by atoms with Crippen LogP contribution in [-0.4, -0.2) is 34.0 Å². The van der Waals surface area contributed by atoms with Gasteiger partial charge < -0.3 is 19.7 Å². The summed E-state index contributed by atoms with van der Waals surface area (Å²) in [5, 5.41) is 11.6. The minimum atomic E-state index is -1.20. The van der Waals surface area contributed by atoms with Gasteiger partial charge in [0, 0.05) is 18.8 Å². The Hall–Kier alpha value is -2.83. The number of furan rings is 1. The zero-order valence-electron chi connectivity index (χ0n) is 11.7. The summed E-state index contributed by atoms with van der Waals surface area (Å²) < 4.78 is 5.17. The van der Waals surface area contributed by atoms with E-state index in [9.17, 15) is 9.59 Å². The molecule has 0 aliphatic heterocycles. The van der Waals surface area contributed by atoms with Crippen LogP contribution in [0.25, 0.3) is 0 Å². The molecule has 0 atom stereocenters. The number of rotatable bonds is 4. The predicted octanol–water partition coefficient (Wildman–Crippen LogP) is 2.35. The number of aromatic nitrogens is 1. The molecule has 7 nitrogen and oxygen atoms in total.